The number of halogens is 37. The van der Waals surface area contributed by atoms with Gasteiger partial charge in [0.25, 0.3) is 10.0 Å². The van der Waals surface area contributed by atoms with E-state index in [1.165, 1.54) is 21.1 Å². The van der Waals surface area contributed by atoms with E-state index in [0.29, 0.717) is 0 Å². The highest BCUT2D eigenvalue weighted by Crippen LogP contribution is 2.70. The molecule has 0 aliphatic carbocycles. The van der Waals surface area contributed by atoms with E-state index < -0.39 is 136 Å². The maximum absolute atomic E-state index is 14.2. The minimum absolute atomic E-state index is 0.211. The van der Waals surface area contributed by atoms with Crippen LogP contribution in [-0.4, -0.2) is 153 Å². The first kappa shape index (κ1) is 63.3. The van der Waals surface area contributed by atoms with Crippen molar-refractivity contribution in [3.8, 4) is 0 Å². The van der Waals surface area contributed by atoms with Crippen LogP contribution in [0.3, 0.4) is 0 Å². The first-order valence-electron chi connectivity index (χ1n) is 15.0. The Labute approximate surface area is 338 Å². The lowest BCUT2D eigenvalue weighted by Crippen LogP contribution is -2.80. The molecule has 4 nitrogen and oxygen atoms in total. The predicted molar refractivity (Wildman–Crippen MR) is 135 cm³/mol. The molecule has 0 bridgehead atoms. The molecule has 0 aliphatic heterocycles. The maximum atomic E-state index is 14.2. The topological polar surface area (TPSA) is 46.2 Å². The molecule has 0 saturated heterocycles. The summed E-state index contributed by atoms with van der Waals surface area (Å²) in [7, 11) is -4.28. The molecule has 0 fully saturated rings. The minimum atomic E-state index is -10.5. The molecule has 0 unspecified atom stereocenters. The van der Waals surface area contributed by atoms with Crippen molar-refractivity contribution in [1.29, 1.82) is 0 Å². The predicted octanol–water partition coefficient (Wildman–Crippen LogP) is 11.3. The van der Waals surface area contributed by atoms with Crippen LogP contribution in [0.1, 0.15) is 6.42 Å². The summed E-state index contributed by atoms with van der Waals surface area (Å²) in [5, 5.41) is -8.19. The third kappa shape index (κ3) is 7.86. The van der Waals surface area contributed by atoms with Crippen molar-refractivity contribution < 1.29 is 175 Å². The summed E-state index contributed by atoms with van der Waals surface area (Å²) in [6.45, 7) is -2.14. The fourth-order valence-corrected chi connectivity index (χ4v) is 5.20. The van der Waals surface area contributed by atoms with Gasteiger partial charge < -0.3 is 4.48 Å². The Kier molecular flexibility index (Phi) is 15.2. The van der Waals surface area contributed by atoms with Crippen molar-refractivity contribution >= 4 is 10.0 Å². The van der Waals surface area contributed by atoms with Gasteiger partial charge in [-0.25, -0.2) is 13.1 Å². The molecule has 0 radical (unpaired) electrons. The van der Waals surface area contributed by atoms with Crippen LogP contribution in [-0.2, 0) is 10.0 Å². The van der Waals surface area contributed by atoms with Crippen LogP contribution in [0.25, 0.3) is 0 Å². The number of sulfonamides is 1. The molecule has 0 aliphatic rings. The van der Waals surface area contributed by atoms with Crippen molar-refractivity contribution in [2.45, 2.75) is 113 Å². The van der Waals surface area contributed by atoms with Crippen molar-refractivity contribution in [2.75, 3.05) is 34.2 Å². The van der Waals surface area contributed by atoms with E-state index in [9.17, 15) is 171 Å². The normalized spacial score (nSPS) is 17.2. The first-order valence-corrected chi connectivity index (χ1v) is 16.5. The summed E-state index contributed by atoms with van der Waals surface area (Å²) in [6.07, 6.45) is -9.37. The molecule has 0 aromatic rings. The van der Waals surface area contributed by atoms with Crippen molar-refractivity contribution in [3.63, 3.8) is 0 Å². The fourth-order valence-electron chi connectivity index (χ4n) is 4.14. The Morgan fingerprint density at radius 3 is 0.636 bits per heavy atom. The van der Waals surface area contributed by atoms with Crippen LogP contribution in [0.2, 0.25) is 0 Å². The SMILES string of the molecule is C[N+](C)(C)CCCNS(=O)(=O)C(F)(F)C(F)(F)C(F)(F)C(F)(F)C(F)(F)C(F)(F)C(F)(F)C(F)(F)C(F)(F)C(F)(F)C(F)(F)C(F)(F)C(F)(F)C(F)(F)C(F)(F)C(F)(F)C(F)(F)C(F)(F)F. The van der Waals surface area contributed by atoms with E-state index in [1.54, 1.807) is 0 Å². The Morgan fingerprint density at radius 2 is 0.470 bits per heavy atom. The second kappa shape index (κ2) is 15.9. The number of nitrogens with zero attached hydrogens (tertiary/aromatic N) is 1. The van der Waals surface area contributed by atoms with Gasteiger partial charge >= 0.3 is 106 Å². The van der Waals surface area contributed by atoms with Crippen LogP contribution < -0.4 is 4.72 Å². The number of quaternary nitrogens is 1. The van der Waals surface area contributed by atoms with E-state index in [1.807, 2.05) is 0 Å². The first-order chi connectivity index (χ1) is 27.7. The Balaban J connectivity index is 7.79. The molecular formula is C24H16F37N2O2S+. The van der Waals surface area contributed by atoms with Crippen LogP contribution in [0.5, 0.6) is 0 Å². The summed E-state index contributed by atoms with van der Waals surface area (Å²) in [4.78, 5) is 0. The lowest BCUT2D eigenvalue weighted by Gasteiger charge is -2.47. The van der Waals surface area contributed by atoms with Gasteiger partial charge in [-0.1, -0.05) is 0 Å². The van der Waals surface area contributed by atoms with Crippen LogP contribution >= 0.6 is 0 Å². The van der Waals surface area contributed by atoms with Crippen molar-refractivity contribution in [3.05, 3.63) is 0 Å². The summed E-state index contributed by atoms with van der Waals surface area (Å²) >= 11 is 0. The summed E-state index contributed by atoms with van der Waals surface area (Å²) in [5.41, 5.74) is 0. The zero-order valence-electron chi connectivity index (χ0n) is 30.3. The molecule has 1 N–H and O–H groups in total. The smallest absolute Gasteiger partial charge is 0.331 e. The maximum Gasteiger partial charge on any atom is 0.460 e. The molecule has 0 amide bonds. The average Bonchev–Trinajstić information content (AvgIpc) is 3.07. The number of alkyl halides is 37. The lowest BCUT2D eigenvalue weighted by molar-refractivity contribution is -0.870. The van der Waals surface area contributed by atoms with Gasteiger partial charge in [0.1, 0.15) is 0 Å². The van der Waals surface area contributed by atoms with Crippen LogP contribution in [0.15, 0.2) is 0 Å². The standard InChI is InChI=1S/C24H16F37N2O2S/c1-63(2,3)6-4-5-62-66(64,65)24(60,61)22(55,56)20(51,52)18(47,48)16(43,44)14(39,40)12(35,36)10(31,32)8(27,28)7(25,26)9(29,30)11(33,34)13(37,38)15(41,42)17(45,46)19(49,50)21(53,54)23(57,58)59/h62H,4-6H2,1-3H3/q+1. The molecule has 0 saturated carbocycles. The van der Waals surface area contributed by atoms with E-state index >= 15 is 0 Å². The minimum Gasteiger partial charge on any atom is -0.331 e. The molecule has 0 heterocycles. The molecule has 0 rings (SSSR count). The lowest BCUT2D eigenvalue weighted by atomic mass is 9.82. The van der Waals surface area contributed by atoms with Gasteiger partial charge in [0.2, 0.25) is 0 Å². The van der Waals surface area contributed by atoms with Gasteiger partial charge in [0, 0.05) is 13.0 Å². The van der Waals surface area contributed by atoms with Crippen LogP contribution in [0.4, 0.5) is 162 Å². The van der Waals surface area contributed by atoms with E-state index in [0.717, 1.165) is 0 Å². The van der Waals surface area contributed by atoms with E-state index in [-0.39, 0.29) is 9.21 Å². The molecule has 0 aromatic heterocycles. The number of hydrogen-bond donors (Lipinski definition) is 1. The number of hydrogen-bond acceptors (Lipinski definition) is 2. The van der Waals surface area contributed by atoms with Crippen molar-refractivity contribution in [1.82, 2.24) is 4.72 Å². The van der Waals surface area contributed by atoms with Gasteiger partial charge in [-0.3, -0.25) is 0 Å². The second-order valence-electron chi connectivity index (χ2n) is 14.0. The summed E-state index contributed by atoms with van der Waals surface area (Å²) < 4.78 is 532. The third-order valence-corrected chi connectivity index (χ3v) is 9.79. The van der Waals surface area contributed by atoms with Gasteiger partial charge in [0.05, 0.1) is 27.7 Å². The number of rotatable bonds is 22. The summed E-state index contributed by atoms with van der Waals surface area (Å²) in [6, 6.07) is 0. The molecule has 0 aromatic carbocycles. The average molecular weight is 1100 g/mol. The van der Waals surface area contributed by atoms with E-state index in [4.69, 9.17) is 0 Å². The largest absolute Gasteiger partial charge is 0.460 e. The van der Waals surface area contributed by atoms with Gasteiger partial charge in [-0.15, -0.1) is 0 Å². The highest BCUT2D eigenvalue weighted by Gasteiger charge is 3.03. The Hall–Kier alpha value is -2.72. The molecule has 398 valence electrons. The van der Waals surface area contributed by atoms with E-state index in [2.05, 4.69) is 0 Å². The third-order valence-electron chi connectivity index (χ3n) is 8.27. The monoisotopic (exact) mass is 1100 g/mol. The Bertz CT molecular complexity index is 1860. The molecule has 42 heteroatoms. The highest BCUT2D eigenvalue weighted by molar-refractivity contribution is 7.90. The van der Waals surface area contributed by atoms with Gasteiger partial charge in [0.15, 0.2) is 0 Å². The molecule has 66 heavy (non-hydrogen) atoms. The van der Waals surface area contributed by atoms with Gasteiger partial charge in [-0.05, 0) is 0 Å². The molecule has 0 spiro atoms. The summed E-state index contributed by atoms with van der Waals surface area (Å²) in [5.74, 6) is -160. The fraction of sp³-hybridized carbons (Fsp3) is 1.00. The van der Waals surface area contributed by atoms with Gasteiger partial charge in [-0.2, -0.15) is 162 Å². The Morgan fingerprint density at radius 1 is 0.303 bits per heavy atom. The van der Waals surface area contributed by atoms with Crippen molar-refractivity contribution in [2.24, 2.45) is 0 Å². The quantitative estimate of drug-likeness (QED) is 0.0667. The number of nitrogens with one attached hydrogen (secondary N) is 1. The van der Waals surface area contributed by atoms with Crippen LogP contribution in [0, 0.1) is 0 Å². The molecule has 0 atom stereocenters. The molecular weight excluding hydrogens is 1080 g/mol. The highest BCUT2D eigenvalue weighted by atomic mass is 32.2. The zero-order chi connectivity index (χ0) is 54.8. The zero-order valence-corrected chi connectivity index (χ0v) is 31.1. The second-order valence-corrected chi connectivity index (χ2v) is 15.8.